The minimum absolute atomic E-state index is 0.109. The fourth-order valence-corrected chi connectivity index (χ4v) is 2.72. The third-order valence-electron chi connectivity index (χ3n) is 2.87. The SMILES string of the molecule is Cc1cc(C)c(OCC(=O)N/N=C/C=C/c2ccco2)c(Br)c1. The molecule has 0 saturated heterocycles. The number of allylic oxidation sites excluding steroid dienone is 1. The van der Waals surface area contributed by atoms with Crippen LogP contribution in [0.1, 0.15) is 16.9 Å². The van der Waals surface area contributed by atoms with E-state index in [1.165, 1.54) is 6.21 Å². The number of rotatable bonds is 6. The Labute approximate surface area is 143 Å². The lowest BCUT2D eigenvalue weighted by Crippen LogP contribution is -2.24. The van der Waals surface area contributed by atoms with E-state index in [2.05, 4.69) is 26.5 Å². The standard InChI is InChI=1S/C17H17BrN2O3/c1-12-9-13(2)17(15(18)10-12)23-11-16(21)20-19-7-3-5-14-6-4-8-22-14/h3-10H,11H2,1-2H3,(H,20,21)/b5-3+,19-7+. The van der Waals surface area contributed by atoms with E-state index in [1.54, 1.807) is 24.5 Å². The van der Waals surface area contributed by atoms with Gasteiger partial charge in [0, 0.05) is 6.21 Å². The van der Waals surface area contributed by atoms with Gasteiger partial charge in [0.05, 0.1) is 10.7 Å². The van der Waals surface area contributed by atoms with E-state index in [-0.39, 0.29) is 12.5 Å². The van der Waals surface area contributed by atoms with E-state index < -0.39 is 0 Å². The molecule has 1 aromatic heterocycles. The van der Waals surface area contributed by atoms with E-state index in [0.29, 0.717) is 11.5 Å². The van der Waals surface area contributed by atoms with Crippen molar-refractivity contribution >= 4 is 34.1 Å². The molecule has 1 heterocycles. The molecule has 0 atom stereocenters. The molecule has 0 bridgehead atoms. The fraction of sp³-hybridized carbons (Fsp3) is 0.176. The highest BCUT2D eigenvalue weighted by atomic mass is 79.9. The molecule has 0 fully saturated rings. The zero-order chi connectivity index (χ0) is 16.7. The molecule has 1 amide bonds. The van der Waals surface area contributed by atoms with Gasteiger partial charge in [0.15, 0.2) is 6.61 Å². The molecule has 5 nitrogen and oxygen atoms in total. The van der Waals surface area contributed by atoms with Gasteiger partial charge in [-0.1, -0.05) is 6.07 Å². The molecule has 0 saturated carbocycles. The summed E-state index contributed by atoms with van der Waals surface area (Å²) >= 11 is 3.44. The van der Waals surface area contributed by atoms with Crippen LogP contribution < -0.4 is 10.2 Å². The van der Waals surface area contributed by atoms with Crippen molar-refractivity contribution in [1.82, 2.24) is 5.43 Å². The molecule has 2 aromatic rings. The van der Waals surface area contributed by atoms with E-state index >= 15 is 0 Å². The highest BCUT2D eigenvalue weighted by Gasteiger charge is 2.08. The largest absolute Gasteiger partial charge is 0.482 e. The third kappa shape index (κ3) is 5.41. The van der Waals surface area contributed by atoms with Crippen molar-refractivity contribution in [2.75, 3.05) is 6.61 Å². The summed E-state index contributed by atoms with van der Waals surface area (Å²) in [7, 11) is 0. The van der Waals surface area contributed by atoms with Gasteiger partial charge in [-0.25, -0.2) is 5.43 Å². The van der Waals surface area contributed by atoms with Crippen LogP contribution in [0.15, 0.2) is 50.6 Å². The number of amides is 1. The molecule has 0 spiro atoms. The predicted molar refractivity (Wildman–Crippen MR) is 93.5 cm³/mol. The third-order valence-corrected chi connectivity index (χ3v) is 3.46. The van der Waals surface area contributed by atoms with Crippen molar-refractivity contribution in [3.63, 3.8) is 0 Å². The number of halogens is 1. The Morgan fingerprint density at radius 3 is 2.96 bits per heavy atom. The number of nitrogens with zero attached hydrogens (tertiary/aromatic N) is 1. The molecular weight excluding hydrogens is 360 g/mol. The first-order valence-electron chi connectivity index (χ1n) is 6.98. The topological polar surface area (TPSA) is 63.8 Å². The summed E-state index contributed by atoms with van der Waals surface area (Å²) < 4.78 is 11.5. The van der Waals surface area contributed by atoms with Crippen LogP contribution in [0.4, 0.5) is 0 Å². The van der Waals surface area contributed by atoms with Crippen LogP contribution in [0.25, 0.3) is 6.08 Å². The van der Waals surface area contributed by atoms with Crippen molar-refractivity contribution in [2.45, 2.75) is 13.8 Å². The van der Waals surface area contributed by atoms with Crippen LogP contribution in [0, 0.1) is 13.8 Å². The second kappa shape index (κ2) is 8.33. The van der Waals surface area contributed by atoms with Crippen LogP contribution in [-0.4, -0.2) is 18.7 Å². The van der Waals surface area contributed by atoms with Crippen molar-refractivity contribution in [2.24, 2.45) is 5.10 Å². The van der Waals surface area contributed by atoms with Gasteiger partial charge in [-0.05, 0) is 71.3 Å². The van der Waals surface area contributed by atoms with Gasteiger partial charge in [0.1, 0.15) is 11.5 Å². The van der Waals surface area contributed by atoms with E-state index in [4.69, 9.17) is 9.15 Å². The van der Waals surface area contributed by atoms with Gasteiger partial charge in [0.2, 0.25) is 0 Å². The van der Waals surface area contributed by atoms with Crippen molar-refractivity contribution in [3.8, 4) is 5.75 Å². The smallest absolute Gasteiger partial charge is 0.277 e. The monoisotopic (exact) mass is 376 g/mol. The minimum Gasteiger partial charge on any atom is -0.482 e. The van der Waals surface area contributed by atoms with Crippen LogP contribution in [0.3, 0.4) is 0 Å². The molecule has 0 radical (unpaired) electrons. The van der Waals surface area contributed by atoms with Gasteiger partial charge in [0.25, 0.3) is 5.91 Å². The molecule has 2 rings (SSSR count). The number of carbonyl (C=O) groups is 1. The first-order chi connectivity index (χ1) is 11.1. The summed E-state index contributed by atoms with van der Waals surface area (Å²) in [4.78, 5) is 11.7. The van der Waals surface area contributed by atoms with Crippen LogP contribution in [-0.2, 0) is 4.79 Å². The summed E-state index contributed by atoms with van der Waals surface area (Å²) in [6.45, 7) is 3.82. The number of carbonyl (C=O) groups excluding carboxylic acids is 1. The van der Waals surface area contributed by atoms with Gasteiger partial charge < -0.3 is 9.15 Å². The summed E-state index contributed by atoms with van der Waals surface area (Å²) in [5.41, 5.74) is 4.48. The van der Waals surface area contributed by atoms with Gasteiger partial charge in [-0.15, -0.1) is 0 Å². The number of furan rings is 1. The lowest BCUT2D eigenvalue weighted by molar-refractivity contribution is -0.123. The molecule has 0 aliphatic rings. The second-order valence-corrected chi connectivity index (χ2v) is 5.72. The van der Waals surface area contributed by atoms with Gasteiger partial charge >= 0.3 is 0 Å². The summed E-state index contributed by atoms with van der Waals surface area (Å²) in [6.07, 6.45) is 6.45. The zero-order valence-corrected chi connectivity index (χ0v) is 14.5. The second-order valence-electron chi connectivity index (χ2n) is 4.87. The van der Waals surface area contributed by atoms with E-state index in [0.717, 1.165) is 15.6 Å². The van der Waals surface area contributed by atoms with Gasteiger partial charge in [-0.3, -0.25) is 4.79 Å². The Bertz CT molecular complexity index is 698. The average molecular weight is 377 g/mol. The highest BCUT2D eigenvalue weighted by Crippen LogP contribution is 2.29. The quantitative estimate of drug-likeness (QED) is 0.614. The summed E-state index contributed by atoms with van der Waals surface area (Å²) in [6, 6.07) is 7.55. The maximum atomic E-state index is 11.7. The van der Waals surface area contributed by atoms with Crippen LogP contribution >= 0.6 is 15.9 Å². The Morgan fingerprint density at radius 1 is 1.43 bits per heavy atom. The highest BCUT2D eigenvalue weighted by molar-refractivity contribution is 9.10. The maximum Gasteiger partial charge on any atom is 0.277 e. The Hall–Kier alpha value is -2.34. The first kappa shape index (κ1) is 17.0. The minimum atomic E-state index is -0.334. The molecule has 0 aliphatic carbocycles. The van der Waals surface area contributed by atoms with Crippen molar-refractivity contribution < 1.29 is 13.9 Å². The predicted octanol–water partition coefficient (Wildman–Crippen LogP) is 3.85. The van der Waals surface area contributed by atoms with E-state index in [1.807, 2.05) is 32.0 Å². The fourth-order valence-electron chi connectivity index (χ4n) is 1.93. The number of benzene rings is 1. The van der Waals surface area contributed by atoms with Crippen molar-refractivity contribution in [3.05, 3.63) is 58.0 Å². The molecule has 0 unspecified atom stereocenters. The lowest BCUT2D eigenvalue weighted by Gasteiger charge is -2.11. The molecule has 1 aromatic carbocycles. The Balaban J connectivity index is 1.79. The Kier molecular flexibility index (Phi) is 6.17. The van der Waals surface area contributed by atoms with E-state index in [9.17, 15) is 4.79 Å². The zero-order valence-electron chi connectivity index (χ0n) is 12.9. The molecule has 120 valence electrons. The molecular formula is C17H17BrN2O3. The first-order valence-corrected chi connectivity index (χ1v) is 7.77. The average Bonchev–Trinajstić information content (AvgIpc) is 2.99. The number of nitrogens with one attached hydrogen (secondary N) is 1. The number of ether oxygens (including phenoxy) is 1. The Morgan fingerprint density at radius 2 is 2.26 bits per heavy atom. The molecule has 6 heteroatoms. The van der Waals surface area contributed by atoms with Crippen molar-refractivity contribution in [1.29, 1.82) is 0 Å². The molecule has 23 heavy (non-hydrogen) atoms. The lowest BCUT2D eigenvalue weighted by atomic mass is 10.1. The molecule has 0 aliphatic heterocycles. The van der Waals surface area contributed by atoms with Gasteiger partial charge in [-0.2, -0.15) is 5.10 Å². The molecule has 1 N–H and O–H groups in total. The summed E-state index contributed by atoms with van der Waals surface area (Å²) in [5.74, 6) is 1.04. The maximum absolute atomic E-state index is 11.7. The number of hydrazone groups is 1. The van der Waals surface area contributed by atoms with Crippen LogP contribution in [0.5, 0.6) is 5.75 Å². The number of hydrogen-bond donors (Lipinski definition) is 1. The normalized spacial score (nSPS) is 11.3. The summed E-state index contributed by atoms with van der Waals surface area (Å²) in [5, 5.41) is 3.80. The number of aryl methyl sites for hydroxylation is 2. The number of hydrogen-bond acceptors (Lipinski definition) is 4. The van der Waals surface area contributed by atoms with Crippen LogP contribution in [0.2, 0.25) is 0 Å².